The lowest BCUT2D eigenvalue weighted by Gasteiger charge is -2.36. The maximum Gasteiger partial charge on any atom is 0.225 e. The van der Waals surface area contributed by atoms with E-state index in [9.17, 15) is 4.79 Å². The topological polar surface area (TPSA) is 84.8 Å². The third kappa shape index (κ3) is 5.55. The second kappa shape index (κ2) is 10.2. The number of aryl methyl sites for hydroxylation is 2. The molecular weight excluding hydrogens is 422 g/mol. The first-order valence-electron chi connectivity index (χ1n) is 11.9. The summed E-state index contributed by atoms with van der Waals surface area (Å²) in [6.45, 7) is 8.96. The molecule has 1 aliphatic heterocycles. The van der Waals surface area contributed by atoms with Gasteiger partial charge in [-0.1, -0.05) is 35.9 Å². The standard InChI is InChI=1S/C28H33N5O/c1-20-6-7-21(2)25(13-20)18-33-12-4-5-24(17-33)27(34)32-28(3,26-16-30-19-31-26)14-22-8-10-23(15-29)11-9-22/h6-11,13,16,19,24H,4-5,12,14,17-18H2,1-3H3,(H,30,31)(H,32,34)/t24-,28?/m0/s1. The Morgan fingerprint density at radius 3 is 2.76 bits per heavy atom. The summed E-state index contributed by atoms with van der Waals surface area (Å²) in [5, 5.41) is 12.4. The van der Waals surface area contributed by atoms with Crippen molar-refractivity contribution in [3.8, 4) is 6.07 Å². The smallest absolute Gasteiger partial charge is 0.225 e. The lowest BCUT2D eigenvalue weighted by molar-refractivity contribution is -0.128. The summed E-state index contributed by atoms with van der Waals surface area (Å²) in [5.41, 5.74) is 5.82. The molecule has 4 rings (SSSR count). The Hall–Kier alpha value is -3.43. The molecule has 0 aliphatic carbocycles. The zero-order valence-corrected chi connectivity index (χ0v) is 20.3. The number of H-pyrrole nitrogens is 1. The quantitative estimate of drug-likeness (QED) is 0.554. The molecule has 34 heavy (non-hydrogen) atoms. The van der Waals surface area contributed by atoms with Crippen molar-refractivity contribution in [2.45, 2.75) is 52.1 Å². The third-order valence-corrected chi connectivity index (χ3v) is 6.91. The van der Waals surface area contributed by atoms with Gasteiger partial charge < -0.3 is 10.3 Å². The Morgan fingerprint density at radius 2 is 2.06 bits per heavy atom. The van der Waals surface area contributed by atoms with Crippen LogP contribution in [0, 0.1) is 31.1 Å². The molecule has 2 aromatic carbocycles. The molecule has 1 unspecified atom stereocenters. The van der Waals surface area contributed by atoms with Crippen LogP contribution in [0.2, 0.25) is 0 Å². The van der Waals surface area contributed by atoms with Crippen LogP contribution in [0.5, 0.6) is 0 Å². The molecule has 3 aromatic rings. The maximum absolute atomic E-state index is 13.5. The number of hydrogen-bond acceptors (Lipinski definition) is 4. The van der Waals surface area contributed by atoms with Crippen molar-refractivity contribution in [1.82, 2.24) is 20.2 Å². The van der Waals surface area contributed by atoms with Crippen molar-refractivity contribution in [2.75, 3.05) is 13.1 Å². The Labute approximate surface area is 202 Å². The number of benzene rings is 2. The van der Waals surface area contributed by atoms with Crippen molar-refractivity contribution < 1.29 is 4.79 Å². The van der Waals surface area contributed by atoms with Crippen LogP contribution in [0.4, 0.5) is 0 Å². The van der Waals surface area contributed by atoms with Crippen LogP contribution in [-0.2, 0) is 23.3 Å². The highest BCUT2D eigenvalue weighted by Gasteiger charge is 2.34. The van der Waals surface area contributed by atoms with E-state index in [0.717, 1.165) is 43.7 Å². The number of rotatable bonds is 7. The fourth-order valence-electron chi connectivity index (χ4n) is 4.87. The van der Waals surface area contributed by atoms with Crippen LogP contribution in [0.3, 0.4) is 0 Å². The first kappa shape index (κ1) is 23.7. The van der Waals surface area contributed by atoms with Crippen LogP contribution in [0.15, 0.2) is 55.0 Å². The van der Waals surface area contributed by atoms with Crippen molar-refractivity contribution >= 4 is 5.91 Å². The summed E-state index contributed by atoms with van der Waals surface area (Å²) in [7, 11) is 0. The molecule has 6 heteroatoms. The molecule has 1 aromatic heterocycles. The summed E-state index contributed by atoms with van der Waals surface area (Å²) in [5.74, 6) is 0.0264. The zero-order valence-electron chi connectivity index (χ0n) is 20.3. The Balaban J connectivity index is 1.47. The van der Waals surface area contributed by atoms with Gasteiger partial charge >= 0.3 is 0 Å². The Morgan fingerprint density at radius 1 is 1.26 bits per heavy atom. The van der Waals surface area contributed by atoms with E-state index < -0.39 is 5.54 Å². The lowest BCUT2D eigenvalue weighted by atomic mass is 9.87. The number of carbonyl (C=O) groups excluding carboxylic acids is 1. The highest BCUT2D eigenvalue weighted by atomic mass is 16.2. The molecule has 6 nitrogen and oxygen atoms in total. The minimum absolute atomic E-state index is 0.0536. The van der Waals surface area contributed by atoms with Crippen molar-refractivity contribution in [3.63, 3.8) is 0 Å². The van der Waals surface area contributed by atoms with Gasteiger partial charge in [0.15, 0.2) is 0 Å². The van der Waals surface area contributed by atoms with E-state index in [4.69, 9.17) is 5.26 Å². The molecule has 0 radical (unpaired) electrons. The number of likely N-dealkylation sites (tertiary alicyclic amines) is 1. The van der Waals surface area contributed by atoms with Gasteiger partial charge in [0.25, 0.3) is 0 Å². The normalized spacial score (nSPS) is 18.1. The number of imidazole rings is 1. The average molecular weight is 456 g/mol. The predicted molar refractivity (Wildman–Crippen MR) is 133 cm³/mol. The Kier molecular flexibility index (Phi) is 7.14. The molecule has 2 atom stereocenters. The minimum atomic E-state index is -0.628. The summed E-state index contributed by atoms with van der Waals surface area (Å²) in [6, 6.07) is 16.3. The number of piperidine rings is 1. The molecule has 1 saturated heterocycles. The van der Waals surface area contributed by atoms with Gasteiger partial charge in [0.2, 0.25) is 5.91 Å². The molecule has 1 aliphatic rings. The predicted octanol–water partition coefficient (Wildman–Crippen LogP) is 4.38. The molecule has 0 saturated carbocycles. The van der Waals surface area contributed by atoms with Gasteiger partial charge in [0, 0.05) is 19.5 Å². The number of nitrogens with one attached hydrogen (secondary N) is 2. The molecule has 1 amide bonds. The zero-order chi connectivity index (χ0) is 24.1. The summed E-state index contributed by atoms with van der Waals surface area (Å²) >= 11 is 0. The monoisotopic (exact) mass is 455 g/mol. The highest BCUT2D eigenvalue weighted by Crippen LogP contribution is 2.27. The maximum atomic E-state index is 13.5. The average Bonchev–Trinajstić information content (AvgIpc) is 3.38. The van der Waals surface area contributed by atoms with Gasteiger partial charge in [-0.25, -0.2) is 4.98 Å². The molecule has 176 valence electrons. The van der Waals surface area contributed by atoms with E-state index in [1.807, 2.05) is 31.2 Å². The van der Waals surface area contributed by atoms with Crippen molar-refractivity contribution in [1.29, 1.82) is 5.26 Å². The van der Waals surface area contributed by atoms with Crippen LogP contribution in [0.25, 0.3) is 0 Å². The first-order valence-corrected chi connectivity index (χ1v) is 11.9. The van der Waals surface area contributed by atoms with Gasteiger partial charge in [-0.05, 0) is 69.0 Å². The fourth-order valence-corrected chi connectivity index (χ4v) is 4.87. The molecular formula is C28H33N5O. The lowest BCUT2D eigenvalue weighted by Crippen LogP contribution is -2.51. The Bertz CT molecular complexity index is 1160. The van der Waals surface area contributed by atoms with Crippen LogP contribution in [-0.4, -0.2) is 33.9 Å². The largest absolute Gasteiger partial charge is 0.347 e. The van der Waals surface area contributed by atoms with Crippen LogP contribution >= 0.6 is 0 Å². The van der Waals surface area contributed by atoms with E-state index in [2.05, 4.69) is 58.3 Å². The van der Waals surface area contributed by atoms with Crippen molar-refractivity contribution in [3.05, 3.63) is 88.5 Å². The SMILES string of the molecule is Cc1ccc(C)c(CN2CCC[C@H](C(=O)NC(C)(Cc3ccc(C#N)cc3)c3cnc[nH]3)C2)c1. The molecule has 2 heterocycles. The molecule has 0 bridgehead atoms. The number of nitrogens with zero attached hydrogens (tertiary/aromatic N) is 3. The van der Waals surface area contributed by atoms with E-state index in [1.165, 1.54) is 16.7 Å². The second-order valence-corrected chi connectivity index (χ2v) is 9.78. The van der Waals surface area contributed by atoms with Gasteiger partial charge in [-0.2, -0.15) is 5.26 Å². The van der Waals surface area contributed by atoms with Crippen LogP contribution in [0.1, 0.15) is 53.3 Å². The summed E-state index contributed by atoms with van der Waals surface area (Å²) in [4.78, 5) is 23.3. The fraction of sp³-hybridized carbons (Fsp3) is 0.393. The van der Waals surface area contributed by atoms with E-state index >= 15 is 0 Å². The first-order chi connectivity index (χ1) is 16.4. The highest BCUT2D eigenvalue weighted by molar-refractivity contribution is 5.80. The van der Waals surface area contributed by atoms with E-state index in [0.29, 0.717) is 12.0 Å². The van der Waals surface area contributed by atoms with E-state index in [-0.39, 0.29) is 11.8 Å². The number of hydrogen-bond donors (Lipinski definition) is 2. The van der Waals surface area contributed by atoms with Gasteiger partial charge in [0.05, 0.1) is 41.3 Å². The second-order valence-electron chi connectivity index (χ2n) is 9.78. The van der Waals surface area contributed by atoms with Crippen LogP contribution < -0.4 is 5.32 Å². The minimum Gasteiger partial charge on any atom is -0.347 e. The van der Waals surface area contributed by atoms with E-state index in [1.54, 1.807) is 12.5 Å². The number of aromatic nitrogens is 2. The number of aromatic amines is 1. The molecule has 0 spiro atoms. The number of nitriles is 1. The number of carbonyl (C=O) groups is 1. The number of amides is 1. The van der Waals surface area contributed by atoms with Gasteiger partial charge in [0.1, 0.15) is 0 Å². The molecule has 1 fully saturated rings. The third-order valence-electron chi connectivity index (χ3n) is 6.91. The van der Waals surface area contributed by atoms with Crippen molar-refractivity contribution in [2.24, 2.45) is 5.92 Å². The molecule has 2 N–H and O–H groups in total. The summed E-state index contributed by atoms with van der Waals surface area (Å²) < 4.78 is 0. The van der Waals surface area contributed by atoms with Gasteiger partial charge in [-0.3, -0.25) is 9.69 Å². The van der Waals surface area contributed by atoms with Gasteiger partial charge in [-0.15, -0.1) is 0 Å². The summed E-state index contributed by atoms with van der Waals surface area (Å²) in [6.07, 6.45) is 5.93.